The van der Waals surface area contributed by atoms with Crippen LogP contribution in [0.25, 0.3) is 0 Å². The van der Waals surface area contributed by atoms with E-state index in [-0.39, 0.29) is 5.91 Å². The zero-order chi connectivity index (χ0) is 21.6. The number of thioether (sulfide) groups is 1. The minimum absolute atomic E-state index is 0.153. The Kier molecular flexibility index (Phi) is 7.24. The molecule has 0 N–H and O–H groups in total. The maximum absolute atomic E-state index is 14.1. The molecule has 0 aliphatic carbocycles. The van der Waals surface area contributed by atoms with Gasteiger partial charge in [0.05, 0.1) is 28.1 Å². The van der Waals surface area contributed by atoms with Crippen molar-refractivity contribution in [3.63, 3.8) is 0 Å². The number of hydrogen-bond donors (Lipinski definition) is 0. The minimum Gasteiger partial charge on any atom is -0.303 e. The molecule has 0 spiro atoms. The predicted octanol–water partition coefficient (Wildman–Crippen LogP) is 3.43. The molecular formula is C23H27N5OS. The van der Waals surface area contributed by atoms with Crippen LogP contribution in [0, 0.1) is 11.3 Å². The maximum atomic E-state index is 14.1. The van der Waals surface area contributed by atoms with Crippen molar-refractivity contribution < 1.29 is 4.79 Å². The molecule has 1 amide bonds. The lowest BCUT2D eigenvalue weighted by atomic mass is 9.75. The van der Waals surface area contributed by atoms with Gasteiger partial charge in [-0.2, -0.15) is 5.26 Å². The molecular weight excluding hydrogens is 394 g/mol. The quantitative estimate of drug-likeness (QED) is 0.618. The number of likely N-dealkylation sites (N-methyl/N-ethyl adjacent to an activating group) is 1. The van der Waals surface area contributed by atoms with Crippen LogP contribution in [0.3, 0.4) is 0 Å². The van der Waals surface area contributed by atoms with Crippen LogP contribution in [-0.2, 0) is 10.2 Å². The first kappa shape index (κ1) is 22.0. The van der Waals surface area contributed by atoms with E-state index in [0.29, 0.717) is 28.5 Å². The molecule has 0 saturated heterocycles. The Morgan fingerprint density at radius 3 is 2.10 bits per heavy atom. The number of pyridine rings is 2. The number of nitriles is 1. The van der Waals surface area contributed by atoms with Gasteiger partial charge in [0.15, 0.2) is 5.41 Å². The van der Waals surface area contributed by atoms with Gasteiger partial charge in [-0.15, -0.1) is 11.8 Å². The summed E-state index contributed by atoms with van der Waals surface area (Å²) in [5.41, 5.74) is 0.156. The monoisotopic (exact) mass is 421 g/mol. The van der Waals surface area contributed by atoms with Crippen LogP contribution >= 0.6 is 11.8 Å². The summed E-state index contributed by atoms with van der Waals surface area (Å²) in [5, 5.41) is 11.0. The highest BCUT2D eigenvalue weighted by atomic mass is 32.2. The Morgan fingerprint density at radius 1 is 1.07 bits per heavy atom. The van der Waals surface area contributed by atoms with Gasteiger partial charge in [-0.05, 0) is 43.1 Å². The fourth-order valence-corrected chi connectivity index (χ4v) is 4.82. The van der Waals surface area contributed by atoms with E-state index in [4.69, 9.17) is 0 Å². The SMILES string of the molecule is CCSC1=C(C#N)C(c2ccccn2)(c2ccccn2)C(=O)N1CCN(CC)CC. The van der Waals surface area contributed by atoms with E-state index in [1.54, 1.807) is 17.3 Å². The molecule has 0 saturated carbocycles. The Labute approximate surface area is 182 Å². The summed E-state index contributed by atoms with van der Waals surface area (Å²) in [7, 11) is 0. The summed E-state index contributed by atoms with van der Waals surface area (Å²) in [6.45, 7) is 9.34. The van der Waals surface area contributed by atoms with Gasteiger partial charge >= 0.3 is 0 Å². The molecule has 3 rings (SSSR count). The van der Waals surface area contributed by atoms with Gasteiger partial charge in [0.2, 0.25) is 0 Å². The predicted molar refractivity (Wildman–Crippen MR) is 120 cm³/mol. The normalized spacial score (nSPS) is 15.7. The average Bonchev–Trinajstić information content (AvgIpc) is 3.04. The van der Waals surface area contributed by atoms with Crippen LogP contribution in [0.1, 0.15) is 32.2 Å². The number of aromatic nitrogens is 2. The molecule has 0 fully saturated rings. The van der Waals surface area contributed by atoms with Crippen molar-refractivity contribution in [1.29, 1.82) is 5.26 Å². The number of carbonyl (C=O) groups excluding carboxylic acids is 1. The summed E-state index contributed by atoms with van der Waals surface area (Å²) in [4.78, 5) is 27.2. The number of rotatable bonds is 9. The third-order valence-corrected chi connectivity index (χ3v) is 6.41. The second kappa shape index (κ2) is 9.88. The first-order valence-corrected chi connectivity index (χ1v) is 11.3. The van der Waals surface area contributed by atoms with Gasteiger partial charge < -0.3 is 9.80 Å². The minimum atomic E-state index is -1.32. The summed E-state index contributed by atoms with van der Waals surface area (Å²) < 4.78 is 0. The highest BCUT2D eigenvalue weighted by molar-refractivity contribution is 8.03. The zero-order valence-electron chi connectivity index (χ0n) is 17.7. The molecule has 7 heteroatoms. The summed E-state index contributed by atoms with van der Waals surface area (Å²) >= 11 is 1.53. The van der Waals surface area contributed by atoms with Gasteiger partial charge in [0.25, 0.3) is 5.91 Å². The zero-order valence-corrected chi connectivity index (χ0v) is 18.5. The first-order chi connectivity index (χ1) is 14.6. The molecule has 2 aromatic heterocycles. The van der Waals surface area contributed by atoms with Crippen molar-refractivity contribution in [1.82, 2.24) is 19.8 Å². The van der Waals surface area contributed by atoms with Gasteiger partial charge in [0, 0.05) is 25.5 Å². The highest BCUT2D eigenvalue weighted by Crippen LogP contribution is 2.48. The molecule has 1 aliphatic rings. The summed E-state index contributed by atoms with van der Waals surface area (Å²) in [6, 6.07) is 13.3. The van der Waals surface area contributed by atoms with E-state index in [2.05, 4.69) is 34.8 Å². The highest BCUT2D eigenvalue weighted by Gasteiger charge is 2.57. The lowest BCUT2D eigenvalue weighted by Crippen LogP contribution is -2.45. The molecule has 1 aliphatic heterocycles. The van der Waals surface area contributed by atoms with Gasteiger partial charge in [-0.25, -0.2) is 0 Å². The molecule has 6 nitrogen and oxygen atoms in total. The third-order valence-electron chi connectivity index (χ3n) is 5.43. The van der Waals surface area contributed by atoms with Crippen LogP contribution < -0.4 is 0 Å². The van der Waals surface area contributed by atoms with E-state index in [9.17, 15) is 10.1 Å². The van der Waals surface area contributed by atoms with Crippen LogP contribution in [0.5, 0.6) is 0 Å². The van der Waals surface area contributed by atoms with Crippen molar-refractivity contribution in [3.05, 3.63) is 70.8 Å². The fourth-order valence-electron chi connectivity index (χ4n) is 3.88. The molecule has 156 valence electrons. The maximum Gasteiger partial charge on any atom is 0.251 e. The van der Waals surface area contributed by atoms with Crippen molar-refractivity contribution in [2.24, 2.45) is 0 Å². The van der Waals surface area contributed by atoms with E-state index >= 15 is 0 Å². The van der Waals surface area contributed by atoms with E-state index in [1.165, 1.54) is 11.8 Å². The standard InChI is InChI=1S/C23H27N5OS/c1-4-27(5-2)15-16-28-21(30-6-3)18(17-24)23(22(28)29,19-11-7-9-13-25-19)20-12-8-10-14-26-20/h7-14H,4-6,15-16H2,1-3H3. The van der Waals surface area contributed by atoms with Crippen LogP contribution in [0.2, 0.25) is 0 Å². The van der Waals surface area contributed by atoms with Gasteiger partial charge in [0.1, 0.15) is 0 Å². The van der Waals surface area contributed by atoms with Crippen LogP contribution in [0.4, 0.5) is 0 Å². The van der Waals surface area contributed by atoms with E-state index in [0.717, 1.165) is 25.4 Å². The third kappa shape index (κ3) is 3.73. The van der Waals surface area contributed by atoms with Crippen molar-refractivity contribution in [2.75, 3.05) is 31.9 Å². The Morgan fingerprint density at radius 2 is 1.67 bits per heavy atom. The van der Waals surface area contributed by atoms with Gasteiger partial charge in [-0.3, -0.25) is 14.8 Å². The summed E-state index contributed by atoms with van der Waals surface area (Å²) in [6.07, 6.45) is 3.32. The van der Waals surface area contributed by atoms with Gasteiger partial charge in [-0.1, -0.05) is 32.9 Å². The number of carbonyl (C=O) groups is 1. The molecule has 0 unspecified atom stereocenters. The summed E-state index contributed by atoms with van der Waals surface area (Å²) in [5.74, 6) is 0.607. The Bertz CT molecular complexity index is 896. The second-order valence-electron chi connectivity index (χ2n) is 6.89. The molecule has 0 aromatic carbocycles. The second-order valence-corrected chi connectivity index (χ2v) is 8.14. The topological polar surface area (TPSA) is 73.1 Å². The number of nitrogens with zero attached hydrogens (tertiary/aromatic N) is 5. The Hall–Kier alpha value is -2.69. The average molecular weight is 422 g/mol. The van der Waals surface area contributed by atoms with Crippen LogP contribution in [-0.4, -0.2) is 57.6 Å². The molecule has 0 bridgehead atoms. The fraction of sp³-hybridized carbons (Fsp3) is 0.391. The van der Waals surface area contributed by atoms with E-state index in [1.807, 2.05) is 43.3 Å². The van der Waals surface area contributed by atoms with Crippen molar-refractivity contribution in [2.45, 2.75) is 26.2 Å². The lowest BCUT2D eigenvalue weighted by Gasteiger charge is -2.29. The number of amides is 1. The van der Waals surface area contributed by atoms with E-state index < -0.39 is 5.41 Å². The lowest BCUT2D eigenvalue weighted by molar-refractivity contribution is -0.130. The molecule has 0 atom stereocenters. The van der Waals surface area contributed by atoms with Crippen LogP contribution in [0.15, 0.2) is 59.4 Å². The Balaban J connectivity index is 2.21. The number of hydrogen-bond acceptors (Lipinski definition) is 6. The smallest absolute Gasteiger partial charge is 0.251 e. The molecule has 30 heavy (non-hydrogen) atoms. The largest absolute Gasteiger partial charge is 0.303 e. The van der Waals surface area contributed by atoms with Crippen molar-refractivity contribution in [3.8, 4) is 6.07 Å². The molecule has 0 radical (unpaired) electrons. The first-order valence-electron chi connectivity index (χ1n) is 10.3. The molecule has 3 heterocycles. The van der Waals surface area contributed by atoms with Crippen molar-refractivity contribution >= 4 is 17.7 Å². The molecule has 2 aromatic rings.